The number of esters is 1. The molecule has 0 aromatic carbocycles. The molecule has 1 atom stereocenters. The highest BCUT2D eigenvalue weighted by Gasteiger charge is 2.28. The molecule has 3 heteroatoms. The lowest BCUT2D eigenvalue weighted by atomic mass is 9.84. The highest BCUT2D eigenvalue weighted by Crippen LogP contribution is 2.22. The van der Waals surface area contributed by atoms with Gasteiger partial charge in [-0.15, -0.1) is 0 Å². The average Bonchev–Trinajstić information content (AvgIpc) is 1.98. The SMILES string of the molecule is CCOC(=O)C(CC(C)(C)N)C(C)C. The molecule has 2 N–H and O–H groups in total. The molecule has 0 aliphatic carbocycles. The second-order valence-electron chi connectivity index (χ2n) is 4.80. The van der Waals surface area contributed by atoms with Crippen molar-refractivity contribution >= 4 is 5.97 Å². The molecule has 0 amide bonds. The first kappa shape index (κ1) is 13.4. The van der Waals surface area contributed by atoms with Crippen molar-refractivity contribution in [3.05, 3.63) is 0 Å². The molecule has 0 aromatic heterocycles. The van der Waals surface area contributed by atoms with Gasteiger partial charge in [-0.2, -0.15) is 0 Å². The quantitative estimate of drug-likeness (QED) is 0.692. The molecule has 0 aliphatic heterocycles. The Hall–Kier alpha value is -0.570. The van der Waals surface area contributed by atoms with Crippen LogP contribution in [-0.4, -0.2) is 18.1 Å². The summed E-state index contributed by atoms with van der Waals surface area (Å²) in [5, 5.41) is 0. The number of carbonyl (C=O) groups is 1. The van der Waals surface area contributed by atoms with Gasteiger partial charge in [0.25, 0.3) is 0 Å². The number of hydrogen-bond donors (Lipinski definition) is 1. The maximum atomic E-state index is 11.6. The molecule has 1 unspecified atom stereocenters. The number of ether oxygens (including phenoxy) is 1. The minimum absolute atomic E-state index is 0.0880. The van der Waals surface area contributed by atoms with E-state index >= 15 is 0 Å². The molecule has 0 aromatic rings. The van der Waals surface area contributed by atoms with Crippen LogP contribution in [0.1, 0.15) is 41.0 Å². The summed E-state index contributed by atoms with van der Waals surface area (Å²) in [6.07, 6.45) is 0.670. The molecule has 0 aliphatic rings. The Bertz CT molecular complexity index is 182. The first-order valence-electron chi connectivity index (χ1n) is 5.23. The first-order valence-corrected chi connectivity index (χ1v) is 5.23. The molecule has 0 saturated carbocycles. The fraction of sp³-hybridized carbons (Fsp3) is 0.909. The van der Waals surface area contributed by atoms with Crippen molar-refractivity contribution in [3.63, 3.8) is 0 Å². The average molecular weight is 201 g/mol. The molecular weight excluding hydrogens is 178 g/mol. The third-order valence-corrected chi connectivity index (χ3v) is 2.14. The number of carbonyl (C=O) groups excluding carboxylic acids is 1. The predicted octanol–water partition coefficient (Wildman–Crippen LogP) is 1.95. The Morgan fingerprint density at radius 3 is 2.21 bits per heavy atom. The van der Waals surface area contributed by atoms with Crippen molar-refractivity contribution in [2.24, 2.45) is 17.6 Å². The molecule has 14 heavy (non-hydrogen) atoms. The van der Waals surface area contributed by atoms with Crippen molar-refractivity contribution in [2.75, 3.05) is 6.61 Å². The van der Waals surface area contributed by atoms with Gasteiger partial charge in [-0.3, -0.25) is 4.79 Å². The molecule has 0 radical (unpaired) electrons. The zero-order valence-electron chi connectivity index (χ0n) is 9.96. The van der Waals surface area contributed by atoms with Crippen LogP contribution in [0, 0.1) is 11.8 Å². The number of rotatable bonds is 5. The van der Waals surface area contributed by atoms with Crippen LogP contribution in [0.15, 0.2) is 0 Å². The van der Waals surface area contributed by atoms with Gasteiger partial charge in [-0.05, 0) is 33.1 Å². The minimum Gasteiger partial charge on any atom is -0.466 e. The van der Waals surface area contributed by atoms with E-state index in [0.29, 0.717) is 13.0 Å². The number of nitrogens with two attached hydrogens (primary N) is 1. The lowest BCUT2D eigenvalue weighted by Crippen LogP contribution is -2.38. The van der Waals surface area contributed by atoms with Gasteiger partial charge >= 0.3 is 5.97 Å². The van der Waals surface area contributed by atoms with Crippen LogP contribution < -0.4 is 5.73 Å². The van der Waals surface area contributed by atoms with E-state index in [1.807, 2.05) is 34.6 Å². The van der Waals surface area contributed by atoms with Crippen molar-refractivity contribution in [3.8, 4) is 0 Å². The molecule has 0 heterocycles. The summed E-state index contributed by atoms with van der Waals surface area (Å²) in [7, 11) is 0. The fourth-order valence-corrected chi connectivity index (χ4v) is 1.41. The summed E-state index contributed by atoms with van der Waals surface area (Å²) in [5.74, 6) is 0.0628. The van der Waals surface area contributed by atoms with E-state index < -0.39 is 0 Å². The highest BCUT2D eigenvalue weighted by atomic mass is 16.5. The Kier molecular flexibility index (Phi) is 5.13. The summed E-state index contributed by atoms with van der Waals surface area (Å²) >= 11 is 0. The van der Waals surface area contributed by atoms with Crippen LogP contribution in [0.2, 0.25) is 0 Å². The monoisotopic (exact) mass is 201 g/mol. The normalized spacial score (nSPS) is 14.2. The van der Waals surface area contributed by atoms with Gasteiger partial charge in [0.2, 0.25) is 0 Å². The molecule has 0 bridgehead atoms. The largest absolute Gasteiger partial charge is 0.466 e. The van der Waals surface area contributed by atoms with E-state index in [-0.39, 0.29) is 23.3 Å². The molecule has 0 saturated heterocycles. The van der Waals surface area contributed by atoms with Crippen molar-refractivity contribution in [1.82, 2.24) is 0 Å². The van der Waals surface area contributed by atoms with Crippen LogP contribution in [0.4, 0.5) is 0 Å². The standard InChI is InChI=1S/C11H23NO2/c1-6-14-10(13)9(8(2)3)7-11(4,5)12/h8-9H,6-7,12H2,1-5H3. The van der Waals surface area contributed by atoms with E-state index in [1.165, 1.54) is 0 Å². The Morgan fingerprint density at radius 2 is 1.93 bits per heavy atom. The maximum absolute atomic E-state index is 11.6. The summed E-state index contributed by atoms with van der Waals surface area (Å²) in [6.45, 7) is 10.2. The van der Waals surface area contributed by atoms with Gasteiger partial charge in [-0.1, -0.05) is 13.8 Å². The smallest absolute Gasteiger partial charge is 0.309 e. The minimum atomic E-state index is -0.318. The fourth-order valence-electron chi connectivity index (χ4n) is 1.41. The van der Waals surface area contributed by atoms with Crippen LogP contribution in [0.3, 0.4) is 0 Å². The third-order valence-electron chi connectivity index (χ3n) is 2.14. The lowest BCUT2D eigenvalue weighted by Gasteiger charge is -2.26. The van der Waals surface area contributed by atoms with E-state index in [1.54, 1.807) is 0 Å². The maximum Gasteiger partial charge on any atom is 0.309 e. The van der Waals surface area contributed by atoms with E-state index in [2.05, 4.69) is 0 Å². The van der Waals surface area contributed by atoms with E-state index in [9.17, 15) is 4.79 Å². The van der Waals surface area contributed by atoms with E-state index in [4.69, 9.17) is 10.5 Å². The van der Waals surface area contributed by atoms with Gasteiger partial charge < -0.3 is 10.5 Å². The van der Waals surface area contributed by atoms with Gasteiger partial charge in [0, 0.05) is 5.54 Å². The number of hydrogen-bond acceptors (Lipinski definition) is 3. The molecule has 3 nitrogen and oxygen atoms in total. The van der Waals surface area contributed by atoms with Crippen LogP contribution in [0.5, 0.6) is 0 Å². The van der Waals surface area contributed by atoms with Crippen molar-refractivity contribution in [1.29, 1.82) is 0 Å². The topological polar surface area (TPSA) is 52.3 Å². The van der Waals surface area contributed by atoms with Gasteiger partial charge in [0.15, 0.2) is 0 Å². The first-order chi connectivity index (χ1) is 6.28. The highest BCUT2D eigenvalue weighted by molar-refractivity contribution is 5.72. The van der Waals surface area contributed by atoms with Gasteiger partial charge in [-0.25, -0.2) is 0 Å². The molecule has 0 spiro atoms. The van der Waals surface area contributed by atoms with Crippen molar-refractivity contribution in [2.45, 2.75) is 46.6 Å². The van der Waals surface area contributed by atoms with Crippen LogP contribution in [-0.2, 0) is 9.53 Å². The second-order valence-corrected chi connectivity index (χ2v) is 4.80. The zero-order valence-corrected chi connectivity index (χ0v) is 9.96. The Labute approximate surface area is 87.0 Å². The van der Waals surface area contributed by atoms with Crippen molar-refractivity contribution < 1.29 is 9.53 Å². The Morgan fingerprint density at radius 1 is 1.43 bits per heavy atom. The zero-order chi connectivity index (χ0) is 11.4. The molecule has 0 fully saturated rings. The van der Waals surface area contributed by atoms with Crippen LogP contribution >= 0.6 is 0 Å². The molecule has 84 valence electrons. The summed E-state index contributed by atoms with van der Waals surface area (Å²) in [5.41, 5.74) is 5.58. The second kappa shape index (κ2) is 5.35. The Balaban J connectivity index is 4.37. The van der Waals surface area contributed by atoms with Crippen LogP contribution in [0.25, 0.3) is 0 Å². The van der Waals surface area contributed by atoms with E-state index in [0.717, 1.165) is 0 Å². The molecular formula is C11H23NO2. The third kappa shape index (κ3) is 5.22. The summed E-state index contributed by atoms with van der Waals surface area (Å²) in [4.78, 5) is 11.6. The summed E-state index contributed by atoms with van der Waals surface area (Å²) in [6, 6.07) is 0. The summed E-state index contributed by atoms with van der Waals surface area (Å²) < 4.78 is 5.02. The predicted molar refractivity (Wildman–Crippen MR) is 57.8 cm³/mol. The van der Waals surface area contributed by atoms with Gasteiger partial charge in [0.05, 0.1) is 12.5 Å². The lowest BCUT2D eigenvalue weighted by molar-refractivity contribution is -0.150. The molecule has 0 rings (SSSR count). The van der Waals surface area contributed by atoms with Gasteiger partial charge in [0.1, 0.15) is 0 Å².